The number of nitrogens with one attached hydrogen (secondary N) is 1. The van der Waals surface area contributed by atoms with Crippen molar-refractivity contribution in [2.24, 2.45) is 0 Å². The quantitative estimate of drug-likeness (QED) is 0.429. The van der Waals surface area contributed by atoms with Crippen LogP contribution in [0.1, 0.15) is 51.0 Å². The number of piperidine rings is 2. The summed E-state index contributed by atoms with van der Waals surface area (Å²) in [5.41, 5.74) is 6.19. The van der Waals surface area contributed by atoms with Crippen molar-refractivity contribution in [3.8, 4) is 22.8 Å². The Morgan fingerprint density at radius 3 is 2.19 bits per heavy atom. The number of nitrogens with zero attached hydrogens (tertiary/aromatic N) is 3. The fourth-order valence-corrected chi connectivity index (χ4v) is 6.47. The molecular formula is C31H44N4O2. The minimum Gasteiger partial charge on any atom is -0.493 e. The molecule has 0 spiro atoms. The number of fused-ring (bicyclic) bond motifs is 1. The van der Waals surface area contributed by atoms with Crippen molar-refractivity contribution in [3.05, 3.63) is 42.0 Å². The number of benzene rings is 2. The van der Waals surface area contributed by atoms with Gasteiger partial charge in [-0.05, 0) is 101 Å². The van der Waals surface area contributed by atoms with Gasteiger partial charge < -0.3 is 29.2 Å². The molecular weight excluding hydrogens is 460 g/mol. The first-order valence-electron chi connectivity index (χ1n) is 13.9. The zero-order valence-corrected chi connectivity index (χ0v) is 23.5. The van der Waals surface area contributed by atoms with Crippen LogP contribution in [-0.4, -0.2) is 81.4 Å². The number of hydrogen-bond donors (Lipinski definition) is 1. The first kappa shape index (κ1) is 25.9. The van der Waals surface area contributed by atoms with E-state index in [0.717, 1.165) is 42.2 Å². The van der Waals surface area contributed by atoms with Gasteiger partial charge in [0, 0.05) is 47.3 Å². The van der Waals surface area contributed by atoms with E-state index < -0.39 is 0 Å². The molecule has 0 atom stereocenters. The van der Waals surface area contributed by atoms with Gasteiger partial charge in [0.1, 0.15) is 0 Å². The van der Waals surface area contributed by atoms with Crippen LogP contribution in [-0.2, 0) is 0 Å². The predicted octanol–water partition coefficient (Wildman–Crippen LogP) is 5.97. The van der Waals surface area contributed by atoms with Gasteiger partial charge in [0.05, 0.1) is 19.9 Å². The third-order valence-electron chi connectivity index (χ3n) is 8.65. The van der Waals surface area contributed by atoms with Crippen molar-refractivity contribution < 1.29 is 9.47 Å². The van der Waals surface area contributed by atoms with Gasteiger partial charge in [-0.25, -0.2) is 0 Å². The van der Waals surface area contributed by atoms with E-state index in [1.54, 1.807) is 14.2 Å². The molecule has 2 aromatic carbocycles. The minimum absolute atomic E-state index is 0.392. The van der Waals surface area contributed by atoms with Gasteiger partial charge >= 0.3 is 0 Å². The van der Waals surface area contributed by atoms with E-state index in [1.807, 2.05) is 6.07 Å². The number of rotatable bonds is 7. The number of hydrogen-bond acceptors (Lipinski definition) is 5. The van der Waals surface area contributed by atoms with Crippen LogP contribution in [0.4, 0.5) is 5.69 Å². The number of anilines is 1. The molecule has 1 aromatic heterocycles. The molecule has 0 bridgehead atoms. The van der Waals surface area contributed by atoms with E-state index in [-0.39, 0.29) is 0 Å². The lowest BCUT2D eigenvalue weighted by atomic mass is 9.95. The van der Waals surface area contributed by atoms with Crippen LogP contribution in [0.3, 0.4) is 0 Å². The summed E-state index contributed by atoms with van der Waals surface area (Å²) in [4.78, 5) is 11.5. The maximum absolute atomic E-state index is 5.59. The Morgan fingerprint density at radius 1 is 0.865 bits per heavy atom. The Kier molecular flexibility index (Phi) is 7.68. The third-order valence-corrected chi connectivity index (χ3v) is 8.65. The van der Waals surface area contributed by atoms with Crippen molar-refractivity contribution in [1.29, 1.82) is 0 Å². The summed E-state index contributed by atoms with van der Waals surface area (Å²) in [7, 11) is 7.82. The molecule has 5 rings (SSSR count). The van der Waals surface area contributed by atoms with E-state index in [1.165, 1.54) is 66.6 Å². The molecule has 3 heterocycles. The Labute approximate surface area is 222 Å². The zero-order chi connectivity index (χ0) is 26.1. The highest BCUT2D eigenvalue weighted by molar-refractivity contribution is 5.93. The topological polar surface area (TPSA) is 44.0 Å². The number of aromatic nitrogens is 1. The average Bonchev–Trinajstić information content (AvgIpc) is 3.32. The molecule has 2 aliphatic rings. The molecule has 0 aliphatic carbocycles. The highest BCUT2D eigenvalue weighted by Gasteiger charge is 2.29. The summed E-state index contributed by atoms with van der Waals surface area (Å²) < 4.78 is 11.0. The second-order valence-corrected chi connectivity index (χ2v) is 11.3. The average molecular weight is 505 g/mol. The van der Waals surface area contributed by atoms with Crippen molar-refractivity contribution in [2.75, 3.05) is 59.4 Å². The van der Waals surface area contributed by atoms with Crippen molar-refractivity contribution in [2.45, 2.75) is 57.5 Å². The van der Waals surface area contributed by atoms with Crippen LogP contribution >= 0.6 is 0 Å². The van der Waals surface area contributed by atoms with Crippen molar-refractivity contribution in [1.82, 2.24) is 14.8 Å². The van der Waals surface area contributed by atoms with Gasteiger partial charge in [0.25, 0.3) is 0 Å². The molecule has 3 aromatic rings. The second-order valence-electron chi connectivity index (χ2n) is 11.3. The zero-order valence-electron chi connectivity index (χ0n) is 23.5. The van der Waals surface area contributed by atoms with Crippen molar-refractivity contribution >= 4 is 16.6 Å². The van der Waals surface area contributed by atoms with E-state index >= 15 is 0 Å². The fraction of sp³-hybridized carbons (Fsp3) is 0.548. The summed E-state index contributed by atoms with van der Waals surface area (Å²) in [6.45, 7) is 9.33. The minimum atomic E-state index is 0.392. The number of aromatic amines is 1. The van der Waals surface area contributed by atoms with E-state index in [2.05, 4.69) is 78.0 Å². The largest absolute Gasteiger partial charge is 0.493 e. The highest BCUT2D eigenvalue weighted by Crippen LogP contribution is 2.40. The highest BCUT2D eigenvalue weighted by atomic mass is 16.5. The molecule has 0 radical (unpaired) electrons. The van der Waals surface area contributed by atoms with Gasteiger partial charge in [-0.15, -0.1) is 0 Å². The molecule has 37 heavy (non-hydrogen) atoms. The molecule has 2 aliphatic heterocycles. The molecule has 1 N–H and O–H groups in total. The Hall–Kier alpha value is -2.70. The first-order valence-corrected chi connectivity index (χ1v) is 13.9. The van der Waals surface area contributed by atoms with Crippen molar-refractivity contribution in [3.63, 3.8) is 0 Å². The fourth-order valence-electron chi connectivity index (χ4n) is 6.47. The van der Waals surface area contributed by atoms with Crippen LogP contribution in [0.5, 0.6) is 11.5 Å². The van der Waals surface area contributed by atoms with Gasteiger partial charge in [0.2, 0.25) is 0 Å². The Balaban J connectivity index is 1.35. The molecule has 0 saturated carbocycles. The normalized spacial score (nSPS) is 18.3. The van der Waals surface area contributed by atoms with Crippen LogP contribution in [0.25, 0.3) is 22.2 Å². The van der Waals surface area contributed by atoms with E-state index in [0.29, 0.717) is 5.92 Å². The predicted molar refractivity (Wildman–Crippen MR) is 154 cm³/mol. The van der Waals surface area contributed by atoms with Gasteiger partial charge in [-0.3, -0.25) is 0 Å². The lowest BCUT2D eigenvalue weighted by Crippen LogP contribution is -2.50. The first-order chi connectivity index (χ1) is 17.9. The Bertz CT molecular complexity index is 1200. The smallest absolute Gasteiger partial charge is 0.161 e. The molecule has 6 heteroatoms. The number of likely N-dealkylation sites (tertiary alicyclic amines) is 1. The lowest BCUT2D eigenvalue weighted by Gasteiger charge is -2.43. The number of ether oxygens (including phenoxy) is 2. The van der Waals surface area contributed by atoms with Crippen LogP contribution in [0, 0.1) is 0 Å². The summed E-state index contributed by atoms with van der Waals surface area (Å²) in [6, 6.07) is 14.6. The summed E-state index contributed by atoms with van der Waals surface area (Å²) in [5.74, 6) is 1.90. The van der Waals surface area contributed by atoms with E-state index in [4.69, 9.17) is 9.47 Å². The maximum atomic E-state index is 5.59. The van der Waals surface area contributed by atoms with E-state index in [9.17, 15) is 0 Å². The number of H-pyrrole nitrogens is 1. The monoisotopic (exact) mass is 504 g/mol. The molecule has 2 fully saturated rings. The Morgan fingerprint density at radius 2 is 1.57 bits per heavy atom. The van der Waals surface area contributed by atoms with Crippen LogP contribution in [0.2, 0.25) is 0 Å². The lowest BCUT2D eigenvalue weighted by molar-refractivity contribution is 0.0961. The van der Waals surface area contributed by atoms with Gasteiger partial charge in [-0.2, -0.15) is 0 Å². The van der Waals surface area contributed by atoms with Gasteiger partial charge in [0.15, 0.2) is 11.5 Å². The second kappa shape index (κ2) is 11.0. The standard InChI is InChI=1S/C31H44N4O2/c1-21(2)30-26-20-25(35-17-13-24(14-18-35)34-15-11-23(12-16-34)33(3)4)8-9-27(26)32-31(30)22-7-10-28(36-5)29(19-22)37-6/h7-10,19-21,23-24,32H,11-18H2,1-6H3. The van der Waals surface area contributed by atoms with Gasteiger partial charge in [-0.1, -0.05) is 13.8 Å². The molecule has 2 saturated heterocycles. The summed E-state index contributed by atoms with van der Waals surface area (Å²) in [6.07, 6.45) is 5.12. The molecule has 200 valence electrons. The maximum Gasteiger partial charge on any atom is 0.161 e. The van der Waals surface area contributed by atoms with Crippen LogP contribution < -0.4 is 14.4 Å². The molecule has 6 nitrogen and oxygen atoms in total. The number of methoxy groups -OCH3 is 2. The molecule has 0 unspecified atom stereocenters. The van der Waals surface area contributed by atoms with Crippen LogP contribution in [0.15, 0.2) is 36.4 Å². The summed E-state index contributed by atoms with van der Waals surface area (Å²) >= 11 is 0. The third kappa shape index (κ3) is 5.19. The SMILES string of the molecule is COc1ccc(-c2[nH]c3ccc(N4CCC(N5CCC(N(C)C)CC5)CC4)cc3c2C(C)C)cc1OC. The molecule has 0 amide bonds. The summed E-state index contributed by atoms with van der Waals surface area (Å²) in [5, 5.41) is 1.32.